The van der Waals surface area contributed by atoms with Gasteiger partial charge in [-0.3, -0.25) is 4.79 Å². The predicted molar refractivity (Wildman–Crippen MR) is 137 cm³/mol. The van der Waals surface area contributed by atoms with Crippen molar-refractivity contribution >= 4 is 39.0 Å². The van der Waals surface area contributed by atoms with E-state index in [0.29, 0.717) is 11.2 Å². The zero-order valence-corrected chi connectivity index (χ0v) is 21.6. The van der Waals surface area contributed by atoms with Crippen molar-refractivity contribution in [1.29, 1.82) is 0 Å². The van der Waals surface area contributed by atoms with Crippen molar-refractivity contribution in [3.05, 3.63) is 70.9 Å². The maximum atomic E-state index is 13.2. The number of nitrogens with zero attached hydrogens (tertiary/aromatic N) is 3. The third-order valence-electron chi connectivity index (χ3n) is 5.47. The average molecular weight is 511 g/mol. The molecule has 10 heteroatoms. The molecule has 0 bridgehead atoms. The molecule has 0 aliphatic rings. The molecule has 0 fully saturated rings. The maximum Gasteiger partial charge on any atom is 0.419 e. The maximum absolute atomic E-state index is 13.2. The summed E-state index contributed by atoms with van der Waals surface area (Å²) in [7, 11) is -3.73. The lowest BCUT2D eigenvalue weighted by atomic mass is 10.0. The lowest BCUT2D eigenvalue weighted by molar-refractivity contribution is -0.116. The van der Waals surface area contributed by atoms with Crippen molar-refractivity contribution in [2.24, 2.45) is 0 Å². The van der Waals surface area contributed by atoms with Gasteiger partial charge in [-0.1, -0.05) is 35.9 Å². The Morgan fingerprint density at radius 1 is 1.08 bits per heavy atom. The number of ether oxygens (including phenoxy) is 1. The van der Waals surface area contributed by atoms with Crippen molar-refractivity contribution < 1.29 is 27.5 Å². The van der Waals surface area contributed by atoms with Crippen LogP contribution in [0.15, 0.2) is 53.4 Å². The number of aryl methyl sites for hydroxylation is 1. The minimum atomic E-state index is -3.73. The number of aromatic nitrogens is 1. The number of ketones is 1. The molecule has 0 aliphatic heterocycles. The summed E-state index contributed by atoms with van der Waals surface area (Å²) in [6.07, 6.45) is 0.655. The van der Waals surface area contributed by atoms with Crippen LogP contribution < -0.4 is 4.72 Å². The van der Waals surface area contributed by atoms with Crippen LogP contribution in [0.3, 0.4) is 0 Å². The summed E-state index contributed by atoms with van der Waals surface area (Å²) in [5.41, 5.74) is 10.8. The summed E-state index contributed by atoms with van der Waals surface area (Å²) in [5, 5.41) is 0.760. The van der Waals surface area contributed by atoms with Crippen LogP contribution in [-0.2, 0) is 32.4 Å². The van der Waals surface area contributed by atoms with E-state index in [1.807, 2.05) is 19.1 Å². The van der Waals surface area contributed by atoms with Gasteiger partial charge in [-0.25, -0.2) is 22.5 Å². The van der Waals surface area contributed by atoms with Crippen LogP contribution in [-0.4, -0.2) is 48.0 Å². The van der Waals surface area contributed by atoms with Gasteiger partial charge in [0.05, 0.1) is 10.4 Å². The summed E-state index contributed by atoms with van der Waals surface area (Å²) in [4.78, 5) is 28.2. The minimum absolute atomic E-state index is 0.00866. The first kappa shape index (κ1) is 27.0. The Labute approximate surface area is 210 Å². The highest BCUT2D eigenvalue weighted by Crippen LogP contribution is 2.29. The summed E-state index contributed by atoms with van der Waals surface area (Å²) in [6, 6.07) is 13.8. The number of rotatable bonds is 9. The molecule has 0 aliphatic carbocycles. The standard InChI is InChI=1S/C26H30N4O5S/c1-18-9-12-20(13-10-18)36(33,34)29-16-15-22-21-7-5-6-8-23(21)30(25(32)35-26(2,3)4)24(22)14-11-19(31)17-28-27/h5-10,12-13,17,29H,11,14-16H2,1-4H3. The molecule has 1 heterocycles. The zero-order valence-electron chi connectivity index (χ0n) is 20.8. The summed E-state index contributed by atoms with van der Waals surface area (Å²) in [6.45, 7) is 7.25. The Bertz CT molecular complexity index is 1430. The number of benzene rings is 2. The van der Waals surface area contributed by atoms with Crippen LogP contribution in [0.25, 0.3) is 16.4 Å². The largest absolute Gasteiger partial charge is 0.443 e. The van der Waals surface area contributed by atoms with Crippen molar-refractivity contribution in [2.45, 2.75) is 57.5 Å². The van der Waals surface area contributed by atoms with Gasteiger partial charge in [0.1, 0.15) is 5.60 Å². The Kier molecular flexibility index (Phi) is 8.24. The second-order valence-corrected chi connectivity index (χ2v) is 11.2. The summed E-state index contributed by atoms with van der Waals surface area (Å²) in [5.74, 6) is -0.412. The molecule has 1 aromatic heterocycles. The molecule has 0 saturated heterocycles. The molecule has 3 rings (SSSR count). The molecule has 0 amide bonds. The number of carbonyl (C=O) groups is 2. The lowest BCUT2D eigenvalue weighted by Crippen LogP contribution is -2.29. The quantitative estimate of drug-likeness (QED) is 0.263. The predicted octanol–water partition coefficient (Wildman–Crippen LogP) is 4.06. The molecule has 0 atom stereocenters. The number of fused-ring (bicyclic) bond motifs is 1. The number of hydrogen-bond acceptors (Lipinski definition) is 5. The number of Topliss-reactive ketones (excluding diaryl/α,β-unsaturated/α-hetero) is 1. The summed E-state index contributed by atoms with van der Waals surface area (Å²) < 4.78 is 35.2. The smallest absolute Gasteiger partial charge is 0.419 e. The molecule has 0 radical (unpaired) electrons. The van der Waals surface area contributed by atoms with Gasteiger partial charge in [0.2, 0.25) is 15.8 Å². The van der Waals surface area contributed by atoms with E-state index in [-0.39, 0.29) is 30.7 Å². The molecule has 0 saturated carbocycles. The van der Waals surface area contributed by atoms with E-state index in [0.717, 1.165) is 22.7 Å². The van der Waals surface area contributed by atoms with Crippen LogP contribution in [0.4, 0.5) is 4.79 Å². The number of sulfonamides is 1. The second-order valence-electron chi connectivity index (χ2n) is 9.43. The first-order valence-corrected chi connectivity index (χ1v) is 13.0. The second kappa shape index (κ2) is 11.0. The van der Waals surface area contributed by atoms with Gasteiger partial charge in [-0.05, 0) is 64.3 Å². The molecule has 190 valence electrons. The first-order chi connectivity index (χ1) is 16.9. The SMILES string of the molecule is Cc1ccc(S(=O)(=O)NCCc2c(CCC(=O)C=[N+]=[N-])n(C(=O)OC(C)(C)C)c3ccccc23)cc1. The zero-order chi connectivity index (χ0) is 26.5. The van der Waals surface area contributed by atoms with Crippen molar-refractivity contribution in [3.8, 4) is 0 Å². The molecule has 2 aromatic carbocycles. The van der Waals surface area contributed by atoms with E-state index < -0.39 is 27.5 Å². The van der Waals surface area contributed by atoms with E-state index in [4.69, 9.17) is 10.3 Å². The van der Waals surface area contributed by atoms with Crippen LogP contribution in [0.5, 0.6) is 0 Å². The van der Waals surface area contributed by atoms with Gasteiger partial charge < -0.3 is 10.3 Å². The Hall–Kier alpha value is -3.59. The van der Waals surface area contributed by atoms with Gasteiger partial charge in [-0.2, -0.15) is 4.79 Å². The highest BCUT2D eigenvalue weighted by molar-refractivity contribution is 7.89. The van der Waals surface area contributed by atoms with Crippen molar-refractivity contribution in [1.82, 2.24) is 9.29 Å². The van der Waals surface area contributed by atoms with Gasteiger partial charge in [0.15, 0.2) is 0 Å². The van der Waals surface area contributed by atoms with Crippen molar-refractivity contribution in [3.63, 3.8) is 0 Å². The highest BCUT2D eigenvalue weighted by Gasteiger charge is 2.26. The van der Waals surface area contributed by atoms with Crippen LogP contribution in [0.1, 0.15) is 44.0 Å². The molecule has 9 nitrogen and oxygen atoms in total. The van der Waals surface area contributed by atoms with Crippen LogP contribution >= 0.6 is 0 Å². The number of nitrogens with one attached hydrogen (secondary N) is 1. The number of carbonyl (C=O) groups excluding carboxylic acids is 2. The van der Waals surface area contributed by atoms with E-state index in [9.17, 15) is 18.0 Å². The number of hydrogen-bond donors (Lipinski definition) is 1. The molecule has 0 spiro atoms. The van der Waals surface area contributed by atoms with Gasteiger partial charge >= 0.3 is 12.3 Å². The fourth-order valence-electron chi connectivity index (χ4n) is 3.90. The Balaban J connectivity index is 1.99. The Morgan fingerprint density at radius 3 is 2.39 bits per heavy atom. The van der Waals surface area contributed by atoms with E-state index in [1.54, 1.807) is 57.2 Å². The summed E-state index contributed by atoms with van der Waals surface area (Å²) >= 11 is 0. The molecule has 0 unspecified atom stereocenters. The first-order valence-electron chi connectivity index (χ1n) is 11.5. The topological polar surface area (TPSA) is 131 Å². The van der Waals surface area contributed by atoms with Crippen LogP contribution in [0.2, 0.25) is 0 Å². The molecular formula is C26H30N4O5S. The third kappa shape index (κ3) is 6.54. The van der Waals surface area contributed by atoms with Crippen LogP contribution in [0, 0.1) is 6.92 Å². The van der Waals surface area contributed by atoms with Gasteiger partial charge in [-0.15, -0.1) is 0 Å². The van der Waals surface area contributed by atoms with E-state index in [2.05, 4.69) is 9.51 Å². The minimum Gasteiger partial charge on any atom is -0.443 e. The molecule has 1 N–H and O–H groups in total. The fourth-order valence-corrected chi connectivity index (χ4v) is 4.93. The average Bonchev–Trinajstić information content (AvgIpc) is 3.10. The van der Waals surface area contributed by atoms with Crippen molar-refractivity contribution in [2.75, 3.05) is 6.54 Å². The van der Waals surface area contributed by atoms with Gasteiger partial charge in [0.25, 0.3) is 0 Å². The lowest BCUT2D eigenvalue weighted by Gasteiger charge is -2.21. The molecule has 36 heavy (non-hydrogen) atoms. The normalized spacial score (nSPS) is 11.8. The third-order valence-corrected chi connectivity index (χ3v) is 6.95. The molecule has 3 aromatic rings. The van der Waals surface area contributed by atoms with E-state index >= 15 is 0 Å². The number of para-hydroxylation sites is 1. The highest BCUT2D eigenvalue weighted by atomic mass is 32.2. The van der Waals surface area contributed by atoms with E-state index in [1.165, 1.54) is 4.57 Å². The fraction of sp³-hybridized carbons (Fsp3) is 0.346. The monoisotopic (exact) mass is 510 g/mol. The Morgan fingerprint density at radius 2 is 1.75 bits per heavy atom. The molecular weight excluding hydrogens is 480 g/mol. The van der Waals surface area contributed by atoms with Gasteiger partial charge in [0, 0.05) is 24.0 Å².